The van der Waals surface area contributed by atoms with E-state index < -0.39 is 6.04 Å². The topological polar surface area (TPSA) is 49.4 Å². The molecule has 2 atom stereocenters. The first-order valence-electron chi connectivity index (χ1n) is 11.1. The second kappa shape index (κ2) is 11.5. The van der Waals surface area contributed by atoms with E-state index in [2.05, 4.69) is 43.4 Å². The van der Waals surface area contributed by atoms with E-state index in [1.807, 2.05) is 45.0 Å². The molecule has 0 aliphatic carbocycles. The molecule has 0 saturated carbocycles. The summed E-state index contributed by atoms with van der Waals surface area (Å²) >= 11 is 0. The lowest BCUT2D eigenvalue weighted by atomic mass is 10.0. The Labute approximate surface area is 181 Å². The van der Waals surface area contributed by atoms with E-state index >= 15 is 0 Å². The van der Waals surface area contributed by atoms with Gasteiger partial charge in [-0.25, -0.2) is 0 Å². The summed E-state index contributed by atoms with van der Waals surface area (Å²) in [6, 6.07) is 15.9. The van der Waals surface area contributed by atoms with E-state index in [-0.39, 0.29) is 17.9 Å². The largest absolute Gasteiger partial charge is 0.352 e. The number of amides is 2. The van der Waals surface area contributed by atoms with Crippen molar-refractivity contribution in [1.29, 1.82) is 0 Å². The first kappa shape index (κ1) is 23.7. The summed E-state index contributed by atoms with van der Waals surface area (Å²) in [5.74, 6) is -0.0614. The van der Waals surface area contributed by atoms with Gasteiger partial charge in [-0.05, 0) is 62.3 Å². The highest BCUT2D eigenvalue weighted by atomic mass is 16.2. The summed E-state index contributed by atoms with van der Waals surface area (Å²) < 4.78 is 0. The zero-order valence-electron chi connectivity index (χ0n) is 19.1. The van der Waals surface area contributed by atoms with Gasteiger partial charge in [-0.3, -0.25) is 9.59 Å². The molecule has 0 heterocycles. The highest BCUT2D eigenvalue weighted by Gasteiger charge is 2.28. The molecule has 0 unspecified atom stereocenters. The summed E-state index contributed by atoms with van der Waals surface area (Å²) in [6.45, 7) is 10.7. The van der Waals surface area contributed by atoms with Gasteiger partial charge in [0, 0.05) is 12.6 Å². The van der Waals surface area contributed by atoms with Gasteiger partial charge >= 0.3 is 0 Å². The van der Waals surface area contributed by atoms with Crippen LogP contribution in [0.2, 0.25) is 0 Å². The Morgan fingerprint density at radius 1 is 0.933 bits per heavy atom. The van der Waals surface area contributed by atoms with Gasteiger partial charge in [-0.1, -0.05) is 62.4 Å². The van der Waals surface area contributed by atoms with Crippen LogP contribution >= 0.6 is 0 Å². The van der Waals surface area contributed by atoms with Crippen LogP contribution in [0.4, 0.5) is 0 Å². The normalized spacial score (nSPS) is 12.8. The molecule has 0 spiro atoms. The molecule has 162 valence electrons. The minimum atomic E-state index is -0.457. The fourth-order valence-corrected chi connectivity index (χ4v) is 3.53. The predicted octanol–water partition coefficient (Wildman–Crippen LogP) is 4.61. The van der Waals surface area contributed by atoms with Crippen LogP contribution in [0.25, 0.3) is 0 Å². The molecule has 0 aliphatic rings. The van der Waals surface area contributed by atoms with Crippen LogP contribution in [-0.2, 0) is 22.4 Å². The lowest BCUT2D eigenvalue weighted by Crippen LogP contribution is -2.52. The molecule has 0 bridgehead atoms. The molecular formula is C26H36N2O2. The third kappa shape index (κ3) is 6.72. The zero-order chi connectivity index (χ0) is 22.1. The molecule has 4 heteroatoms. The summed E-state index contributed by atoms with van der Waals surface area (Å²) in [5, 5.41) is 3.06. The molecule has 2 amide bonds. The standard InChI is InChI=1S/C26H36N2O2/c1-6-21(5)27-26(30)24(7-2)28(16-15-22-11-9-8-10-12-22)25(29)18-23-14-13-19(3)20(4)17-23/h8-14,17,21,24H,6-7,15-16,18H2,1-5H3,(H,27,30)/t21-,24+/m1/s1. The number of nitrogens with one attached hydrogen (secondary N) is 1. The number of nitrogens with zero attached hydrogens (tertiary/aromatic N) is 1. The fourth-order valence-electron chi connectivity index (χ4n) is 3.53. The SMILES string of the molecule is CC[C@@H](C)NC(=O)[C@H](CC)N(CCc1ccccc1)C(=O)Cc1ccc(C)c(C)c1. The van der Waals surface area contributed by atoms with Crippen molar-refractivity contribution in [2.24, 2.45) is 0 Å². The van der Waals surface area contributed by atoms with Gasteiger partial charge in [0.25, 0.3) is 0 Å². The van der Waals surface area contributed by atoms with Crippen LogP contribution < -0.4 is 5.32 Å². The molecular weight excluding hydrogens is 372 g/mol. The third-order valence-corrected chi connectivity index (χ3v) is 5.80. The van der Waals surface area contributed by atoms with Crippen molar-refractivity contribution in [2.45, 2.75) is 72.4 Å². The molecule has 0 aromatic heterocycles. The summed E-state index contributed by atoms with van der Waals surface area (Å²) in [6.07, 6.45) is 2.49. The van der Waals surface area contributed by atoms with Crippen molar-refractivity contribution in [2.75, 3.05) is 6.54 Å². The number of rotatable bonds is 10. The molecule has 0 aliphatic heterocycles. The lowest BCUT2D eigenvalue weighted by Gasteiger charge is -2.31. The second-order valence-electron chi connectivity index (χ2n) is 8.16. The minimum Gasteiger partial charge on any atom is -0.352 e. The van der Waals surface area contributed by atoms with Gasteiger partial charge in [0.15, 0.2) is 0 Å². The van der Waals surface area contributed by atoms with Crippen molar-refractivity contribution in [3.63, 3.8) is 0 Å². The van der Waals surface area contributed by atoms with Gasteiger partial charge in [-0.2, -0.15) is 0 Å². The molecule has 30 heavy (non-hydrogen) atoms. The molecule has 0 fully saturated rings. The van der Waals surface area contributed by atoms with Crippen molar-refractivity contribution in [3.05, 3.63) is 70.8 Å². The van der Waals surface area contributed by atoms with Gasteiger partial charge in [0.2, 0.25) is 11.8 Å². The van der Waals surface area contributed by atoms with Crippen LogP contribution in [0.1, 0.15) is 55.9 Å². The highest BCUT2D eigenvalue weighted by molar-refractivity contribution is 5.88. The molecule has 4 nitrogen and oxygen atoms in total. The van der Waals surface area contributed by atoms with Crippen molar-refractivity contribution in [1.82, 2.24) is 10.2 Å². The Balaban J connectivity index is 2.22. The van der Waals surface area contributed by atoms with Gasteiger partial charge in [0.05, 0.1) is 6.42 Å². The van der Waals surface area contributed by atoms with E-state index in [1.54, 1.807) is 4.90 Å². The summed E-state index contributed by atoms with van der Waals surface area (Å²) in [4.78, 5) is 28.1. The quantitative estimate of drug-likeness (QED) is 0.624. The first-order valence-corrected chi connectivity index (χ1v) is 11.1. The van der Waals surface area contributed by atoms with Gasteiger partial charge in [0.1, 0.15) is 6.04 Å². The molecule has 1 N–H and O–H groups in total. The molecule has 0 saturated heterocycles. The fraction of sp³-hybridized carbons (Fsp3) is 0.462. The Kier molecular flexibility index (Phi) is 9.10. The van der Waals surface area contributed by atoms with E-state index in [9.17, 15) is 9.59 Å². The molecule has 2 aromatic rings. The maximum absolute atomic E-state index is 13.3. The number of hydrogen-bond acceptors (Lipinski definition) is 2. The van der Waals surface area contributed by atoms with Crippen LogP contribution in [0.3, 0.4) is 0 Å². The molecule has 2 rings (SSSR count). The Bertz CT molecular complexity index is 832. The van der Waals surface area contributed by atoms with Crippen LogP contribution in [0.5, 0.6) is 0 Å². The van der Waals surface area contributed by atoms with Crippen molar-refractivity contribution in [3.8, 4) is 0 Å². The zero-order valence-corrected chi connectivity index (χ0v) is 19.1. The number of carbonyl (C=O) groups excluding carboxylic acids is 2. The second-order valence-corrected chi connectivity index (χ2v) is 8.16. The van der Waals surface area contributed by atoms with E-state index in [4.69, 9.17) is 0 Å². The summed E-state index contributed by atoms with van der Waals surface area (Å²) in [7, 11) is 0. The molecule has 2 aromatic carbocycles. The van der Waals surface area contributed by atoms with Crippen molar-refractivity contribution >= 4 is 11.8 Å². The monoisotopic (exact) mass is 408 g/mol. The van der Waals surface area contributed by atoms with Crippen LogP contribution in [0.15, 0.2) is 48.5 Å². The van der Waals surface area contributed by atoms with E-state index in [0.29, 0.717) is 19.4 Å². The highest BCUT2D eigenvalue weighted by Crippen LogP contribution is 2.15. The van der Waals surface area contributed by atoms with Gasteiger partial charge in [-0.15, -0.1) is 0 Å². The third-order valence-electron chi connectivity index (χ3n) is 5.80. The average Bonchev–Trinajstić information content (AvgIpc) is 2.74. The van der Waals surface area contributed by atoms with Crippen LogP contribution in [0, 0.1) is 13.8 Å². The van der Waals surface area contributed by atoms with Crippen molar-refractivity contribution < 1.29 is 9.59 Å². The van der Waals surface area contributed by atoms with E-state index in [1.165, 1.54) is 16.7 Å². The minimum absolute atomic E-state index is 0.000311. The first-order chi connectivity index (χ1) is 14.3. The number of hydrogen-bond donors (Lipinski definition) is 1. The van der Waals surface area contributed by atoms with Crippen LogP contribution in [-0.4, -0.2) is 35.3 Å². The average molecular weight is 409 g/mol. The lowest BCUT2D eigenvalue weighted by molar-refractivity contribution is -0.140. The van der Waals surface area contributed by atoms with E-state index in [0.717, 1.165) is 18.4 Å². The predicted molar refractivity (Wildman–Crippen MR) is 123 cm³/mol. The smallest absolute Gasteiger partial charge is 0.243 e. The maximum Gasteiger partial charge on any atom is 0.243 e. The Morgan fingerprint density at radius 2 is 1.63 bits per heavy atom. The van der Waals surface area contributed by atoms with Gasteiger partial charge < -0.3 is 10.2 Å². The number of aryl methyl sites for hydroxylation is 2. The Morgan fingerprint density at radius 3 is 2.23 bits per heavy atom. The number of benzene rings is 2. The summed E-state index contributed by atoms with van der Waals surface area (Å²) in [5.41, 5.74) is 4.55. The molecule has 0 radical (unpaired) electrons. The maximum atomic E-state index is 13.3. The number of carbonyl (C=O) groups is 2. The Hall–Kier alpha value is -2.62.